The second kappa shape index (κ2) is 4.55. The summed E-state index contributed by atoms with van der Waals surface area (Å²) in [5, 5.41) is 0. The summed E-state index contributed by atoms with van der Waals surface area (Å²) in [6.45, 7) is 7.79. The van der Waals surface area contributed by atoms with Gasteiger partial charge in [0.15, 0.2) is 0 Å². The van der Waals surface area contributed by atoms with Crippen LogP contribution in [0.2, 0.25) is 0 Å². The number of hydrogen-bond donors (Lipinski definition) is 2. The molecule has 90 valence electrons. The van der Waals surface area contributed by atoms with Crippen LogP contribution in [0, 0.1) is 19.3 Å². The predicted octanol–water partition coefficient (Wildman–Crippen LogP) is 2.27. The van der Waals surface area contributed by atoms with Gasteiger partial charge in [-0.05, 0) is 31.9 Å². The Morgan fingerprint density at radius 1 is 1.50 bits per heavy atom. The van der Waals surface area contributed by atoms with E-state index in [0.717, 1.165) is 4.88 Å². The van der Waals surface area contributed by atoms with E-state index in [1.807, 2.05) is 13.8 Å². The Hall–Kier alpha value is -0.870. The lowest BCUT2D eigenvalue weighted by atomic mass is 9.84. The van der Waals surface area contributed by atoms with E-state index in [1.165, 1.54) is 10.4 Å². The van der Waals surface area contributed by atoms with Crippen molar-refractivity contribution in [2.45, 2.75) is 40.2 Å². The minimum absolute atomic E-state index is 0.110. The van der Waals surface area contributed by atoms with Crippen LogP contribution in [0.4, 0.5) is 0 Å². The van der Waals surface area contributed by atoms with Crippen molar-refractivity contribution in [1.29, 1.82) is 0 Å². The molecule has 0 spiro atoms. The molecule has 4 heteroatoms. The molecule has 1 rings (SSSR count). The largest absolute Gasteiger partial charge is 0.369 e. The lowest BCUT2D eigenvalue weighted by Crippen LogP contribution is -2.34. The van der Waals surface area contributed by atoms with Crippen molar-refractivity contribution in [3.8, 4) is 0 Å². The quantitative estimate of drug-likeness (QED) is 0.847. The smallest absolute Gasteiger partial charge is 0.223 e. The van der Waals surface area contributed by atoms with Crippen LogP contribution in [-0.4, -0.2) is 5.91 Å². The summed E-state index contributed by atoms with van der Waals surface area (Å²) in [6.07, 6.45) is 0.586. The minimum atomic E-state index is -0.552. The molecule has 1 heterocycles. The number of hydrogen-bond acceptors (Lipinski definition) is 3. The van der Waals surface area contributed by atoms with E-state index < -0.39 is 5.41 Å². The predicted molar refractivity (Wildman–Crippen MR) is 68.3 cm³/mol. The van der Waals surface area contributed by atoms with Gasteiger partial charge in [0.2, 0.25) is 5.91 Å². The molecule has 1 amide bonds. The Labute approximate surface area is 101 Å². The summed E-state index contributed by atoms with van der Waals surface area (Å²) in [4.78, 5) is 13.7. The zero-order valence-corrected chi connectivity index (χ0v) is 11.1. The normalized spacial score (nSPS) is 13.8. The molecule has 0 bridgehead atoms. The number of aryl methyl sites for hydroxylation is 2. The van der Waals surface area contributed by atoms with Crippen LogP contribution < -0.4 is 11.5 Å². The Morgan fingerprint density at radius 2 is 2.06 bits per heavy atom. The fourth-order valence-electron chi connectivity index (χ4n) is 1.77. The first-order valence-electron chi connectivity index (χ1n) is 5.36. The van der Waals surface area contributed by atoms with E-state index in [2.05, 4.69) is 19.9 Å². The Balaban J connectivity index is 2.84. The number of thiophene rings is 1. The van der Waals surface area contributed by atoms with Gasteiger partial charge in [0.1, 0.15) is 0 Å². The topological polar surface area (TPSA) is 69.1 Å². The number of amides is 1. The molecule has 1 unspecified atom stereocenters. The molecule has 0 fully saturated rings. The molecule has 0 saturated heterocycles. The second-order valence-corrected chi connectivity index (χ2v) is 6.25. The van der Waals surface area contributed by atoms with Gasteiger partial charge in [-0.2, -0.15) is 0 Å². The van der Waals surface area contributed by atoms with E-state index in [-0.39, 0.29) is 11.9 Å². The molecule has 0 aliphatic rings. The molecule has 4 N–H and O–H groups in total. The molecule has 3 nitrogen and oxygen atoms in total. The summed E-state index contributed by atoms with van der Waals surface area (Å²) in [5.74, 6) is -0.297. The molecule has 0 radical (unpaired) electrons. The van der Waals surface area contributed by atoms with Crippen molar-refractivity contribution < 1.29 is 4.79 Å². The van der Waals surface area contributed by atoms with Crippen LogP contribution in [0.3, 0.4) is 0 Å². The molecule has 0 saturated carbocycles. The zero-order valence-electron chi connectivity index (χ0n) is 10.3. The van der Waals surface area contributed by atoms with Gasteiger partial charge in [0.25, 0.3) is 0 Å². The summed E-state index contributed by atoms with van der Waals surface area (Å²) in [6, 6.07) is 2.01. The number of rotatable bonds is 4. The van der Waals surface area contributed by atoms with Gasteiger partial charge < -0.3 is 11.5 Å². The molecule has 1 aromatic rings. The number of primary amides is 1. The Bertz CT molecular complexity index is 396. The lowest BCUT2D eigenvalue weighted by molar-refractivity contribution is -0.126. The van der Waals surface area contributed by atoms with Crippen molar-refractivity contribution in [3.05, 3.63) is 21.4 Å². The first-order chi connectivity index (χ1) is 7.24. The van der Waals surface area contributed by atoms with Crippen LogP contribution in [-0.2, 0) is 4.79 Å². The Morgan fingerprint density at radius 3 is 2.44 bits per heavy atom. The van der Waals surface area contributed by atoms with Gasteiger partial charge in [-0.15, -0.1) is 11.3 Å². The highest BCUT2D eigenvalue weighted by Crippen LogP contribution is 2.33. The van der Waals surface area contributed by atoms with Gasteiger partial charge >= 0.3 is 0 Å². The van der Waals surface area contributed by atoms with Crippen LogP contribution >= 0.6 is 11.3 Å². The molecular weight excluding hydrogens is 220 g/mol. The highest BCUT2D eigenvalue weighted by atomic mass is 32.1. The van der Waals surface area contributed by atoms with Gasteiger partial charge in [0.05, 0.1) is 0 Å². The molecule has 1 aromatic heterocycles. The standard InChI is InChI=1S/C12H20N2OS/c1-7-5-8(2)16-10(7)9(13)6-12(3,4)11(14)15/h5,9H,6,13H2,1-4H3,(H2,14,15). The van der Waals surface area contributed by atoms with Crippen LogP contribution in [0.1, 0.15) is 41.6 Å². The third-order valence-corrected chi connectivity index (χ3v) is 4.10. The van der Waals surface area contributed by atoms with Gasteiger partial charge in [-0.3, -0.25) is 4.79 Å². The van der Waals surface area contributed by atoms with Crippen LogP contribution in [0.5, 0.6) is 0 Å². The van der Waals surface area contributed by atoms with Crippen LogP contribution in [0.15, 0.2) is 6.07 Å². The highest BCUT2D eigenvalue weighted by Gasteiger charge is 2.29. The second-order valence-electron chi connectivity index (χ2n) is 4.96. The fraction of sp³-hybridized carbons (Fsp3) is 0.583. The first-order valence-corrected chi connectivity index (χ1v) is 6.18. The summed E-state index contributed by atoms with van der Waals surface area (Å²) in [7, 11) is 0. The highest BCUT2D eigenvalue weighted by molar-refractivity contribution is 7.12. The van der Waals surface area contributed by atoms with Crippen molar-refractivity contribution in [2.24, 2.45) is 16.9 Å². The maximum atomic E-state index is 11.2. The fourth-order valence-corrected chi connectivity index (χ4v) is 2.81. The van der Waals surface area contributed by atoms with E-state index in [1.54, 1.807) is 11.3 Å². The van der Waals surface area contributed by atoms with Gasteiger partial charge in [0, 0.05) is 21.2 Å². The Kier molecular flexibility index (Phi) is 3.76. The zero-order chi connectivity index (χ0) is 12.5. The van der Waals surface area contributed by atoms with E-state index in [9.17, 15) is 4.79 Å². The van der Waals surface area contributed by atoms with Crippen LogP contribution in [0.25, 0.3) is 0 Å². The van der Waals surface area contributed by atoms with Gasteiger partial charge in [-0.1, -0.05) is 13.8 Å². The summed E-state index contributed by atoms with van der Waals surface area (Å²) >= 11 is 1.70. The number of nitrogens with two attached hydrogens (primary N) is 2. The molecule has 16 heavy (non-hydrogen) atoms. The molecular formula is C12H20N2OS. The third-order valence-electron chi connectivity index (χ3n) is 2.81. The monoisotopic (exact) mass is 240 g/mol. The average molecular weight is 240 g/mol. The lowest BCUT2D eigenvalue weighted by Gasteiger charge is -2.24. The number of carbonyl (C=O) groups excluding carboxylic acids is 1. The number of carbonyl (C=O) groups is 1. The van der Waals surface area contributed by atoms with E-state index >= 15 is 0 Å². The molecule has 1 atom stereocenters. The van der Waals surface area contributed by atoms with Crippen molar-refractivity contribution in [2.75, 3.05) is 0 Å². The summed E-state index contributed by atoms with van der Waals surface area (Å²) in [5.41, 5.74) is 12.1. The maximum absolute atomic E-state index is 11.2. The molecule has 0 aliphatic heterocycles. The minimum Gasteiger partial charge on any atom is -0.369 e. The summed E-state index contributed by atoms with van der Waals surface area (Å²) < 4.78 is 0. The van der Waals surface area contributed by atoms with Crippen molar-refractivity contribution in [3.63, 3.8) is 0 Å². The molecule has 0 aliphatic carbocycles. The third kappa shape index (κ3) is 2.83. The first kappa shape index (κ1) is 13.2. The van der Waals surface area contributed by atoms with Crippen molar-refractivity contribution in [1.82, 2.24) is 0 Å². The van der Waals surface area contributed by atoms with E-state index in [0.29, 0.717) is 6.42 Å². The van der Waals surface area contributed by atoms with E-state index in [4.69, 9.17) is 11.5 Å². The SMILES string of the molecule is Cc1cc(C)c(C(N)CC(C)(C)C(N)=O)s1. The van der Waals surface area contributed by atoms with Crippen molar-refractivity contribution >= 4 is 17.2 Å². The average Bonchev–Trinajstić information content (AvgIpc) is 2.44. The maximum Gasteiger partial charge on any atom is 0.223 e. The molecule has 0 aromatic carbocycles. The van der Waals surface area contributed by atoms with Gasteiger partial charge in [-0.25, -0.2) is 0 Å².